The third kappa shape index (κ3) is 5.29. The van der Waals surface area contributed by atoms with Crippen LogP contribution in [0.4, 0.5) is 5.69 Å². The summed E-state index contributed by atoms with van der Waals surface area (Å²) in [6.45, 7) is -0.468. The summed E-state index contributed by atoms with van der Waals surface area (Å²) in [5, 5.41) is 13.0. The van der Waals surface area contributed by atoms with Gasteiger partial charge in [-0.25, -0.2) is 8.42 Å². The third-order valence-electron chi connectivity index (χ3n) is 5.35. The fourth-order valence-electron chi connectivity index (χ4n) is 3.67. The van der Waals surface area contributed by atoms with Gasteiger partial charge in [0.15, 0.2) is 0 Å². The van der Waals surface area contributed by atoms with E-state index in [1.807, 2.05) is 0 Å². The van der Waals surface area contributed by atoms with Gasteiger partial charge in [0.2, 0.25) is 5.91 Å². The lowest BCUT2D eigenvalue weighted by Gasteiger charge is -2.30. The van der Waals surface area contributed by atoms with Gasteiger partial charge >= 0.3 is 0 Å². The summed E-state index contributed by atoms with van der Waals surface area (Å²) >= 11 is 0. The maximum atomic E-state index is 13.5. The molecule has 2 unspecified atom stereocenters. The molecule has 8 nitrogen and oxygen atoms in total. The number of ether oxygens (including phenoxy) is 2. The summed E-state index contributed by atoms with van der Waals surface area (Å²) in [7, 11) is -1.19. The van der Waals surface area contributed by atoms with Crippen molar-refractivity contribution in [2.75, 3.05) is 25.1 Å². The molecule has 1 aliphatic rings. The summed E-state index contributed by atoms with van der Waals surface area (Å²) in [4.78, 5) is 12.9. The van der Waals surface area contributed by atoms with Crippen LogP contribution in [0.2, 0.25) is 0 Å². The van der Waals surface area contributed by atoms with E-state index in [2.05, 4.69) is 5.32 Å². The van der Waals surface area contributed by atoms with Crippen LogP contribution in [0, 0.1) is 0 Å². The van der Waals surface area contributed by atoms with E-state index < -0.39 is 34.6 Å². The first-order valence-corrected chi connectivity index (χ1v) is 11.6. The molecule has 9 heteroatoms. The van der Waals surface area contributed by atoms with Crippen molar-refractivity contribution < 1.29 is 27.8 Å². The van der Waals surface area contributed by atoms with Crippen LogP contribution in [0.1, 0.15) is 25.7 Å². The van der Waals surface area contributed by atoms with Gasteiger partial charge in [-0.1, -0.05) is 31.0 Å². The van der Waals surface area contributed by atoms with Crippen molar-refractivity contribution in [2.24, 2.45) is 0 Å². The van der Waals surface area contributed by atoms with E-state index in [1.54, 1.807) is 30.3 Å². The topological polar surface area (TPSA) is 105 Å². The van der Waals surface area contributed by atoms with Gasteiger partial charge in [-0.2, -0.15) is 0 Å². The minimum atomic E-state index is -4.09. The van der Waals surface area contributed by atoms with E-state index in [0.29, 0.717) is 18.6 Å². The van der Waals surface area contributed by atoms with Crippen LogP contribution in [-0.2, 0) is 14.8 Å². The van der Waals surface area contributed by atoms with Crippen LogP contribution in [0.25, 0.3) is 0 Å². The highest BCUT2D eigenvalue weighted by Crippen LogP contribution is 2.35. The number of nitrogens with one attached hydrogen (secondary N) is 1. The number of rotatable bonds is 8. The lowest BCUT2D eigenvalue weighted by molar-refractivity contribution is -0.121. The first-order valence-electron chi connectivity index (χ1n) is 10.1. The number of sulfonamides is 1. The number of carbonyl (C=O) groups is 1. The Morgan fingerprint density at radius 3 is 2.45 bits per heavy atom. The zero-order valence-corrected chi connectivity index (χ0v) is 18.5. The lowest BCUT2D eigenvalue weighted by Crippen LogP contribution is -2.49. The summed E-state index contributed by atoms with van der Waals surface area (Å²) in [5.74, 6) is 0.202. The highest BCUT2D eigenvalue weighted by molar-refractivity contribution is 7.92. The second kappa shape index (κ2) is 10.0. The van der Waals surface area contributed by atoms with Crippen molar-refractivity contribution in [1.82, 2.24) is 5.32 Å². The highest BCUT2D eigenvalue weighted by Gasteiger charge is 2.31. The van der Waals surface area contributed by atoms with Crippen molar-refractivity contribution in [3.8, 4) is 11.5 Å². The molecule has 1 aliphatic carbocycles. The predicted octanol–water partition coefficient (Wildman–Crippen LogP) is 2.32. The van der Waals surface area contributed by atoms with Crippen LogP contribution < -0.4 is 19.1 Å². The smallest absolute Gasteiger partial charge is 0.264 e. The summed E-state index contributed by atoms with van der Waals surface area (Å²) < 4.78 is 38.6. The Morgan fingerprint density at radius 2 is 1.81 bits per heavy atom. The molecule has 2 aromatic rings. The number of aliphatic hydroxyl groups is 1. The van der Waals surface area contributed by atoms with Crippen molar-refractivity contribution in [2.45, 2.75) is 42.7 Å². The monoisotopic (exact) mass is 448 g/mol. The molecule has 31 heavy (non-hydrogen) atoms. The van der Waals surface area contributed by atoms with E-state index in [1.165, 1.54) is 32.4 Å². The van der Waals surface area contributed by atoms with Gasteiger partial charge in [0, 0.05) is 6.07 Å². The molecule has 168 valence electrons. The molecule has 0 heterocycles. The number of carbonyl (C=O) groups excluding carboxylic acids is 1. The molecular weight excluding hydrogens is 420 g/mol. The molecule has 1 saturated carbocycles. The second-order valence-corrected chi connectivity index (χ2v) is 9.25. The van der Waals surface area contributed by atoms with Crippen molar-refractivity contribution in [3.63, 3.8) is 0 Å². The average molecular weight is 449 g/mol. The number of amides is 1. The molecule has 2 N–H and O–H groups in total. The van der Waals surface area contributed by atoms with Crippen LogP contribution in [-0.4, -0.2) is 52.3 Å². The van der Waals surface area contributed by atoms with E-state index in [4.69, 9.17) is 9.47 Å². The molecule has 2 atom stereocenters. The Balaban J connectivity index is 1.98. The summed E-state index contributed by atoms with van der Waals surface area (Å²) in [6, 6.07) is 12.2. The Bertz CT molecular complexity index is 996. The van der Waals surface area contributed by atoms with Crippen LogP contribution in [0.5, 0.6) is 11.5 Å². The number of hydrogen-bond acceptors (Lipinski definition) is 6. The number of benzene rings is 2. The average Bonchev–Trinajstić information content (AvgIpc) is 2.79. The van der Waals surface area contributed by atoms with Crippen LogP contribution in [0.3, 0.4) is 0 Å². The van der Waals surface area contributed by atoms with Crippen molar-refractivity contribution in [1.29, 1.82) is 0 Å². The fourth-order valence-corrected chi connectivity index (χ4v) is 5.12. The quantitative estimate of drug-likeness (QED) is 0.642. The third-order valence-corrected chi connectivity index (χ3v) is 7.12. The van der Waals surface area contributed by atoms with E-state index in [9.17, 15) is 18.3 Å². The molecule has 2 aromatic carbocycles. The minimum Gasteiger partial charge on any atom is -0.497 e. The van der Waals surface area contributed by atoms with Crippen molar-refractivity contribution in [3.05, 3.63) is 48.5 Å². The SMILES string of the molecule is COc1ccc(OC)c(N(CC(=O)NC2CCCCC2O)S(=O)(=O)c2ccccc2)c1. The zero-order valence-electron chi connectivity index (χ0n) is 17.7. The standard InChI is InChI=1S/C22H28N2O6S/c1-29-16-12-13-21(30-2)19(14-16)24(31(27,28)17-8-4-3-5-9-17)15-22(26)23-18-10-6-7-11-20(18)25/h3-5,8-9,12-14,18,20,25H,6-7,10-11,15H2,1-2H3,(H,23,26). The second-order valence-electron chi connectivity index (χ2n) is 7.39. The maximum absolute atomic E-state index is 13.5. The summed E-state index contributed by atoms with van der Waals surface area (Å²) in [5.41, 5.74) is 0.185. The molecule has 1 fully saturated rings. The van der Waals surface area contributed by atoms with Gasteiger partial charge in [0.05, 0.1) is 36.9 Å². The summed E-state index contributed by atoms with van der Waals surface area (Å²) in [6.07, 6.45) is 2.44. The van der Waals surface area contributed by atoms with Gasteiger partial charge in [-0.15, -0.1) is 0 Å². The van der Waals surface area contributed by atoms with E-state index in [-0.39, 0.29) is 16.3 Å². The first-order chi connectivity index (χ1) is 14.9. The van der Waals surface area contributed by atoms with E-state index in [0.717, 1.165) is 17.1 Å². The molecule has 1 amide bonds. The largest absolute Gasteiger partial charge is 0.497 e. The number of anilines is 1. The first kappa shape index (κ1) is 22.9. The van der Waals surface area contributed by atoms with Gasteiger partial charge in [-0.05, 0) is 37.1 Å². The highest BCUT2D eigenvalue weighted by atomic mass is 32.2. The van der Waals surface area contributed by atoms with Crippen molar-refractivity contribution >= 4 is 21.6 Å². The fraction of sp³-hybridized carbons (Fsp3) is 0.409. The minimum absolute atomic E-state index is 0.0466. The molecule has 0 saturated heterocycles. The molecule has 0 radical (unpaired) electrons. The van der Waals surface area contributed by atoms with Gasteiger partial charge in [-0.3, -0.25) is 9.10 Å². The number of hydrogen-bond donors (Lipinski definition) is 2. The Kier molecular flexibility index (Phi) is 7.40. The molecule has 0 aromatic heterocycles. The van der Waals surface area contributed by atoms with Gasteiger partial charge in [0.25, 0.3) is 10.0 Å². The molecular formula is C22H28N2O6S. The maximum Gasteiger partial charge on any atom is 0.264 e. The number of nitrogens with zero attached hydrogens (tertiary/aromatic N) is 1. The Hall–Kier alpha value is -2.78. The molecule has 0 bridgehead atoms. The van der Waals surface area contributed by atoms with Crippen LogP contribution >= 0.6 is 0 Å². The van der Waals surface area contributed by atoms with E-state index >= 15 is 0 Å². The zero-order chi connectivity index (χ0) is 22.4. The lowest BCUT2D eigenvalue weighted by atomic mass is 9.92. The molecule has 0 aliphatic heterocycles. The van der Waals surface area contributed by atoms with Crippen LogP contribution in [0.15, 0.2) is 53.4 Å². The van der Waals surface area contributed by atoms with Gasteiger partial charge in [0.1, 0.15) is 18.0 Å². The molecule has 3 rings (SSSR count). The Morgan fingerprint density at radius 1 is 1.10 bits per heavy atom. The Labute approximate surface area is 182 Å². The van der Waals surface area contributed by atoms with Gasteiger partial charge < -0.3 is 19.9 Å². The number of aliphatic hydroxyl groups excluding tert-OH is 1. The normalized spacial score (nSPS) is 18.8. The predicted molar refractivity (Wildman–Crippen MR) is 117 cm³/mol. The molecule has 0 spiro atoms. The number of methoxy groups -OCH3 is 2.